The molecule has 0 bridgehead atoms. The molecule has 0 spiro atoms. The van der Waals surface area contributed by atoms with Crippen molar-refractivity contribution in [3.63, 3.8) is 0 Å². The van der Waals surface area contributed by atoms with Crippen LogP contribution in [0.25, 0.3) is 0 Å². The maximum Gasteiger partial charge on any atom is 0.272 e. The molecular formula is C12H16N2O2. The number of hydrogen-bond donors (Lipinski definition) is 1. The molecule has 16 heavy (non-hydrogen) atoms. The van der Waals surface area contributed by atoms with Gasteiger partial charge < -0.3 is 5.73 Å². The standard InChI is InChI=1S/C12H16N2O2/c1-8-2-5-12(14(15)16)10(6-8)7-11(13)9-3-4-9/h2,5-6,9,11H,3-4,7,13H2,1H3. The Morgan fingerprint density at radius 3 is 2.81 bits per heavy atom. The highest BCUT2D eigenvalue weighted by Crippen LogP contribution is 2.34. The smallest absolute Gasteiger partial charge is 0.272 e. The van der Waals surface area contributed by atoms with Crippen molar-refractivity contribution in [2.24, 2.45) is 11.7 Å². The second-order valence-electron chi connectivity index (χ2n) is 4.59. The van der Waals surface area contributed by atoms with Crippen LogP contribution in [0, 0.1) is 23.0 Å². The first-order valence-electron chi connectivity index (χ1n) is 5.57. The monoisotopic (exact) mass is 220 g/mol. The van der Waals surface area contributed by atoms with Crippen molar-refractivity contribution in [3.05, 3.63) is 39.4 Å². The van der Waals surface area contributed by atoms with E-state index in [9.17, 15) is 10.1 Å². The summed E-state index contributed by atoms with van der Waals surface area (Å²) >= 11 is 0. The summed E-state index contributed by atoms with van der Waals surface area (Å²) in [7, 11) is 0. The molecule has 1 unspecified atom stereocenters. The summed E-state index contributed by atoms with van der Waals surface area (Å²) in [5.41, 5.74) is 8.02. The Labute approximate surface area is 94.6 Å². The molecule has 0 aliphatic heterocycles. The van der Waals surface area contributed by atoms with E-state index in [1.54, 1.807) is 12.1 Å². The first-order valence-corrected chi connectivity index (χ1v) is 5.57. The zero-order valence-corrected chi connectivity index (χ0v) is 9.35. The highest BCUT2D eigenvalue weighted by Gasteiger charge is 2.29. The van der Waals surface area contributed by atoms with Crippen LogP contribution in [0.4, 0.5) is 5.69 Å². The highest BCUT2D eigenvalue weighted by molar-refractivity contribution is 5.43. The third-order valence-electron chi connectivity index (χ3n) is 3.11. The number of nitrogens with zero attached hydrogens (tertiary/aromatic N) is 1. The molecule has 0 radical (unpaired) electrons. The van der Waals surface area contributed by atoms with E-state index in [1.165, 1.54) is 12.8 Å². The Kier molecular flexibility index (Phi) is 2.92. The van der Waals surface area contributed by atoms with E-state index in [1.807, 2.05) is 13.0 Å². The Morgan fingerprint density at radius 1 is 1.56 bits per heavy atom. The number of rotatable bonds is 4. The fourth-order valence-corrected chi connectivity index (χ4v) is 2.00. The zero-order chi connectivity index (χ0) is 11.7. The fourth-order valence-electron chi connectivity index (χ4n) is 2.00. The largest absolute Gasteiger partial charge is 0.327 e. The van der Waals surface area contributed by atoms with Crippen LogP contribution in [0.15, 0.2) is 18.2 Å². The van der Waals surface area contributed by atoms with Crippen molar-refractivity contribution in [2.75, 3.05) is 0 Å². The minimum Gasteiger partial charge on any atom is -0.327 e. The number of hydrogen-bond acceptors (Lipinski definition) is 3. The van der Waals surface area contributed by atoms with E-state index < -0.39 is 0 Å². The van der Waals surface area contributed by atoms with Crippen molar-refractivity contribution in [3.8, 4) is 0 Å². The lowest BCUT2D eigenvalue weighted by Gasteiger charge is -2.10. The predicted molar refractivity (Wildman–Crippen MR) is 62.2 cm³/mol. The van der Waals surface area contributed by atoms with Gasteiger partial charge in [0, 0.05) is 17.7 Å². The van der Waals surface area contributed by atoms with Gasteiger partial charge in [-0.3, -0.25) is 10.1 Å². The van der Waals surface area contributed by atoms with Crippen LogP contribution < -0.4 is 5.73 Å². The minimum absolute atomic E-state index is 0.0699. The van der Waals surface area contributed by atoms with Gasteiger partial charge in [0.05, 0.1) is 4.92 Å². The predicted octanol–water partition coefficient (Wildman–Crippen LogP) is 2.18. The first kappa shape index (κ1) is 11.1. The van der Waals surface area contributed by atoms with Crippen LogP contribution in [0.5, 0.6) is 0 Å². The normalized spacial score (nSPS) is 17.1. The average molecular weight is 220 g/mol. The van der Waals surface area contributed by atoms with Crippen molar-refractivity contribution in [2.45, 2.75) is 32.2 Å². The van der Waals surface area contributed by atoms with Crippen molar-refractivity contribution >= 4 is 5.69 Å². The average Bonchev–Trinajstić information content (AvgIpc) is 2.99. The van der Waals surface area contributed by atoms with E-state index in [4.69, 9.17) is 5.73 Å². The van der Waals surface area contributed by atoms with Crippen molar-refractivity contribution in [1.82, 2.24) is 0 Å². The van der Waals surface area contributed by atoms with E-state index in [-0.39, 0.29) is 16.7 Å². The molecule has 0 amide bonds. The number of benzene rings is 1. The van der Waals surface area contributed by atoms with Gasteiger partial charge in [0.2, 0.25) is 0 Å². The summed E-state index contributed by atoms with van der Waals surface area (Å²) in [5.74, 6) is 0.570. The van der Waals surface area contributed by atoms with Crippen LogP contribution in [-0.2, 0) is 6.42 Å². The molecular weight excluding hydrogens is 204 g/mol. The van der Waals surface area contributed by atoms with Crippen LogP contribution in [0.1, 0.15) is 24.0 Å². The summed E-state index contributed by atoms with van der Waals surface area (Å²) in [5, 5.41) is 10.9. The Hall–Kier alpha value is -1.42. The maximum absolute atomic E-state index is 10.9. The molecule has 4 nitrogen and oxygen atoms in total. The molecule has 2 N–H and O–H groups in total. The third kappa shape index (κ3) is 2.39. The Bertz CT molecular complexity index is 413. The molecule has 2 rings (SSSR count). The van der Waals surface area contributed by atoms with E-state index in [0.29, 0.717) is 12.3 Å². The number of nitro benzene ring substituents is 1. The van der Waals surface area contributed by atoms with Crippen molar-refractivity contribution in [1.29, 1.82) is 0 Å². The zero-order valence-electron chi connectivity index (χ0n) is 9.35. The van der Waals surface area contributed by atoms with E-state index >= 15 is 0 Å². The van der Waals surface area contributed by atoms with Gasteiger partial charge in [-0.05, 0) is 38.2 Å². The van der Waals surface area contributed by atoms with Crippen LogP contribution >= 0.6 is 0 Å². The fraction of sp³-hybridized carbons (Fsp3) is 0.500. The summed E-state index contributed by atoms with van der Waals surface area (Å²) in [6, 6.07) is 5.29. The lowest BCUT2D eigenvalue weighted by Crippen LogP contribution is -2.25. The summed E-state index contributed by atoms with van der Waals surface area (Å²) in [6.45, 7) is 1.94. The van der Waals surface area contributed by atoms with Gasteiger partial charge in [-0.1, -0.05) is 11.6 Å². The van der Waals surface area contributed by atoms with Gasteiger partial charge >= 0.3 is 0 Å². The Balaban J connectivity index is 2.22. The van der Waals surface area contributed by atoms with E-state index in [2.05, 4.69) is 0 Å². The first-order chi connectivity index (χ1) is 7.58. The second kappa shape index (κ2) is 4.22. The summed E-state index contributed by atoms with van der Waals surface area (Å²) < 4.78 is 0. The molecule has 0 saturated heterocycles. The molecule has 1 aromatic rings. The van der Waals surface area contributed by atoms with Gasteiger partial charge in [0.15, 0.2) is 0 Å². The van der Waals surface area contributed by atoms with Gasteiger partial charge in [-0.2, -0.15) is 0 Å². The van der Waals surface area contributed by atoms with Crippen LogP contribution in [-0.4, -0.2) is 11.0 Å². The molecule has 0 heterocycles. The molecule has 1 fully saturated rings. The number of nitro groups is 1. The van der Waals surface area contributed by atoms with Crippen LogP contribution in [0.2, 0.25) is 0 Å². The Morgan fingerprint density at radius 2 is 2.25 bits per heavy atom. The molecule has 86 valence electrons. The quantitative estimate of drug-likeness (QED) is 0.624. The third-order valence-corrected chi connectivity index (χ3v) is 3.11. The van der Waals surface area contributed by atoms with Gasteiger partial charge in [0.25, 0.3) is 5.69 Å². The highest BCUT2D eigenvalue weighted by atomic mass is 16.6. The topological polar surface area (TPSA) is 69.2 Å². The molecule has 1 saturated carbocycles. The van der Waals surface area contributed by atoms with Gasteiger partial charge in [0.1, 0.15) is 0 Å². The van der Waals surface area contributed by atoms with Crippen molar-refractivity contribution < 1.29 is 4.92 Å². The lowest BCUT2D eigenvalue weighted by molar-refractivity contribution is -0.385. The van der Waals surface area contributed by atoms with Crippen LogP contribution in [0.3, 0.4) is 0 Å². The SMILES string of the molecule is Cc1ccc([N+](=O)[O-])c(CC(N)C2CC2)c1. The molecule has 1 aromatic carbocycles. The second-order valence-corrected chi connectivity index (χ2v) is 4.59. The maximum atomic E-state index is 10.9. The minimum atomic E-state index is -0.325. The van der Waals surface area contributed by atoms with Gasteiger partial charge in [-0.15, -0.1) is 0 Å². The summed E-state index contributed by atoms with van der Waals surface area (Å²) in [4.78, 5) is 10.5. The molecule has 4 heteroatoms. The van der Waals surface area contributed by atoms with Gasteiger partial charge in [-0.25, -0.2) is 0 Å². The molecule has 0 aromatic heterocycles. The molecule has 1 atom stereocenters. The van der Waals surface area contributed by atoms with E-state index in [0.717, 1.165) is 11.1 Å². The lowest BCUT2D eigenvalue weighted by atomic mass is 10.00. The molecule has 1 aliphatic carbocycles. The molecule has 1 aliphatic rings. The summed E-state index contributed by atoms with van der Waals surface area (Å²) in [6.07, 6.45) is 2.95. The number of nitrogens with two attached hydrogens (primary N) is 1. The number of aryl methyl sites for hydroxylation is 1.